The monoisotopic (exact) mass is 221 g/mol. The molecule has 0 fully saturated rings. The lowest BCUT2D eigenvalue weighted by Crippen LogP contribution is -2.21. The topological polar surface area (TPSA) is 35.2 Å². The Labute approximate surface area is 98.8 Å². The second-order valence-electron chi connectivity index (χ2n) is 4.72. The zero-order chi connectivity index (χ0) is 12.0. The molecule has 0 aromatic heterocycles. The quantitative estimate of drug-likeness (QED) is 0.801. The van der Waals surface area contributed by atoms with E-state index in [0.29, 0.717) is 5.92 Å². The standard InChI is InChI=1S/C14H23NO/c1-4-13(15)9-12-5-7-14(8-6-12)16-10-11(2)3/h5-8,11,13H,4,9-10,15H2,1-3H3. The Kier molecular flexibility index (Phi) is 5.33. The first-order valence-electron chi connectivity index (χ1n) is 6.09. The van der Waals surface area contributed by atoms with Crippen LogP contribution in [0.15, 0.2) is 24.3 Å². The van der Waals surface area contributed by atoms with Crippen LogP contribution in [0.3, 0.4) is 0 Å². The third-order valence-corrected chi connectivity index (χ3v) is 2.53. The van der Waals surface area contributed by atoms with Crippen LogP contribution in [0.1, 0.15) is 32.8 Å². The van der Waals surface area contributed by atoms with Crippen LogP contribution in [0, 0.1) is 5.92 Å². The number of nitrogens with two attached hydrogens (primary N) is 1. The summed E-state index contributed by atoms with van der Waals surface area (Å²) in [6, 6.07) is 8.53. The lowest BCUT2D eigenvalue weighted by molar-refractivity contribution is 0.271. The molecule has 0 spiro atoms. The maximum Gasteiger partial charge on any atom is 0.119 e. The molecule has 0 aliphatic rings. The summed E-state index contributed by atoms with van der Waals surface area (Å²) < 4.78 is 5.62. The van der Waals surface area contributed by atoms with Crippen molar-refractivity contribution in [3.8, 4) is 5.75 Å². The van der Waals surface area contributed by atoms with Gasteiger partial charge in [-0.1, -0.05) is 32.9 Å². The van der Waals surface area contributed by atoms with E-state index in [1.165, 1.54) is 5.56 Å². The fourth-order valence-electron chi connectivity index (χ4n) is 1.43. The Hall–Kier alpha value is -1.02. The van der Waals surface area contributed by atoms with E-state index in [4.69, 9.17) is 10.5 Å². The predicted molar refractivity (Wildman–Crippen MR) is 68.7 cm³/mol. The summed E-state index contributed by atoms with van der Waals surface area (Å²) in [5.41, 5.74) is 7.19. The van der Waals surface area contributed by atoms with Gasteiger partial charge in [0.05, 0.1) is 6.61 Å². The number of rotatable bonds is 6. The van der Waals surface area contributed by atoms with Crippen molar-refractivity contribution in [1.29, 1.82) is 0 Å². The SMILES string of the molecule is CCC(N)Cc1ccc(OCC(C)C)cc1. The molecule has 0 radical (unpaired) electrons. The predicted octanol–water partition coefficient (Wildman–Crippen LogP) is 3.00. The van der Waals surface area contributed by atoms with Crippen molar-refractivity contribution in [1.82, 2.24) is 0 Å². The summed E-state index contributed by atoms with van der Waals surface area (Å²) in [6.45, 7) is 7.18. The van der Waals surface area contributed by atoms with E-state index in [9.17, 15) is 0 Å². The molecule has 0 saturated carbocycles. The van der Waals surface area contributed by atoms with Crippen molar-refractivity contribution in [3.05, 3.63) is 29.8 Å². The molecule has 1 rings (SSSR count). The van der Waals surface area contributed by atoms with Crippen molar-refractivity contribution < 1.29 is 4.74 Å². The van der Waals surface area contributed by atoms with Crippen molar-refractivity contribution >= 4 is 0 Å². The van der Waals surface area contributed by atoms with Crippen molar-refractivity contribution in [2.75, 3.05) is 6.61 Å². The van der Waals surface area contributed by atoms with E-state index >= 15 is 0 Å². The van der Waals surface area contributed by atoms with Crippen LogP contribution in [-0.4, -0.2) is 12.6 Å². The minimum absolute atomic E-state index is 0.266. The van der Waals surface area contributed by atoms with Crippen LogP contribution in [0.2, 0.25) is 0 Å². The van der Waals surface area contributed by atoms with E-state index in [2.05, 4.69) is 32.9 Å². The van der Waals surface area contributed by atoms with Gasteiger partial charge in [-0.15, -0.1) is 0 Å². The van der Waals surface area contributed by atoms with Crippen LogP contribution < -0.4 is 10.5 Å². The number of benzene rings is 1. The second kappa shape index (κ2) is 6.54. The van der Waals surface area contributed by atoms with Gasteiger partial charge in [-0.2, -0.15) is 0 Å². The Bertz CT molecular complexity index is 292. The van der Waals surface area contributed by atoms with E-state index in [-0.39, 0.29) is 6.04 Å². The Balaban J connectivity index is 2.47. The summed E-state index contributed by atoms with van der Waals surface area (Å²) in [5.74, 6) is 1.51. The van der Waals surface area contributed by atoms with Crippen LogP contribution in [0.25, 0.3) is 0 Å². The summed E-state index contributed by atoms with van der Waals surface area (Å²) >= 11 is 0. The number of hydrogen-bond donors (Lipinski definition) is 1. The van der Waals surface area contributed by atoms with E-state index in [1.54, 1.807) is 0 Å². The molecule has 2 heteroatoms. The van der Waals surface area contributed by atoms with Crippen LogP contribution >= 0.6 is 0 Å². The normalized spacial score (nSPS) is 12.8. The third-order valence-electron chi connectivity index (χ3n) is 2.53. The molecule has 0 saturated heterocycles. The first-order chi connectivity index (χ1) is 7.61. The molecular weight excluding hydrogens is 198 g/mol. The van der Waals surface area contributed by atoms with Gasteiger partial charge in [-0.05, 0) is 36.5 Å². The van der Waals surface area contributed by atoms with Gasteiger partial charge in [0.25, 0.3) is 0 Å². The van der Waals surface area contributed by atoms with E-state index < -0.39 is 0 Å². The molecule has 1 atom stereocenters. The summed E-state index contributed by atoms with van der Waals surface area (Å²) in [5, 5.41) is 0. The molecule has 90 valence electrons. The van der Waals surface area contributed by atoms with Crippen LogP contribution in [0.4, 0.5) is 0 Å². The highest BCUT2D eigenvalue weighted by molar-refractivity contribution is 5.27. The second-order valence-corrected chi connectivity index (χ2v) is 4.72. The zero-order valence-corrected chi connectivity index (χ0v) is 10.6. The van der Waals surface area contributed by atoms with Crippen molar-refractivity contribution in [3.63, 3.8) is 0 Å². The molecule has 1 unspecified atom stereocenters. The minimum Gasteiger partial charge on any atom is -0.493 e. The van der Waals surface area contributed by atoms with Gasteiger partial charge < -0.3 is 10.5 Å². The number of hydrogen-bond acceptors (Lipinski definition) is 2. The molecule has 1 aromatic rings. The fourth-order valence-corrected chi connectivity index (χ4v) is 1.43. The average molecular weight is 221 g/mol. The van der Waals surface area contributed by atoms with Gasteiger partial charge in [-0.25, -0.2) is 0 Å². The molecule has 1 aromatic carbocycles. The highest BCUT2D eigenvalue weighted by Gasteiger charge is 2.02. The Morgan fingerprint density at radius 2 is 1.81 bits per heavy atom. The first kappa shape index (κ1) is 13.0. The molecule has 0 aliphatic carbocycles. The molecule has 16 heavy (non-hydrogen) atoms. The first-order valence-corrected chi connectivity index (χ1v) is 6.09. The molecule has 0 heterocycles. The smallest absolute Gasteiger partial charge is 0.119 e. The molecule has 0 bridgehead atoms. The van der Waals surface area contributed by atoms with Crippen LogP contribution in [-0.2, 0) is 6.42 Å². The fraction of sp³-hybridized carbons (Fsp3) is 0.571. The highest BCUT2D eigenvalue weighted by Crippen LogP contribution is 2.14. The maximum atomic E-state index is 5.91. The van der Waals surface area contributed by atoms with Crippen molar-refractivity contribution in [2.45, 2.75) is 39.7 Å². The van der Waals surface area contributed by atoms with Gasteiger partial charge in [-0.3, -0.25) is 0 Å². The maximum absolute atomic E-state index is 5.91. The third kappa shape index (κ3) is 4.67. The lowest BCUT2D eigenvalue weighted by atomic mass is 10.0. The van der Waals surface area contributed by atoms with Gasteiger partial charge >= 0.3 is 0 Å². The molecular formula is C14H23NO. The molecule has 2 N–H and O–H groups in total. The van der Waals surface area contributed by atoms with Gasteiger partial charge in [0.2, 0.25) is 0 Å². The molecule has 0 amide bonds. The minimum atomic E-state index is 0.266. The van der Waals surface area contributed by atoms with Crippen molar-refractivity contribution in [2.24, 2.45) is 11.7 Å². The van der Waals surface area contributed by atoms with Gasteiger partial charge in [0.1, 0.15) is 5.75 Å². The Morgan fingerprint density at radius 3 is 2.31 bits per heavy atom. The lowest BCUT2D eigenvalue weighted by Gasteiger charge is -2.11. The summed E-state index contributed by atoms with van der Waals surface area (Å²) in [6.07, 6.45) is 1.96. The number of ether oxygens (including phenoxy) is 1. The van der Waals surface area contributed by atoms with E-state index in [0.717, 1.165) is 25.2 Å². The van der Waals surface area contributed by atoms with Gasteiger partial charge in [0, 0.05) is 6.04 Å². The van der Waals surface area contributed by atoms with Crippen LogP contribution in [0.5, 0.6) is 5.75 Å². The molecule has 2 nitrogen and oxygen atoms in total. The highest BCUT2D eigenvalue weighted by atomic mass is 16.5. The molecule has 0 aliphatic heterocycles. The largest absolute Gasteiger partial charge is 0.493 e. The van der Waals surface area contributed by atoms with Gasteiger partial charge in [0.15, 0.2) is 0 Å². The van der Waals surface area contributed by atoms with E-state index in [1.807, 2.05) is 12.1 Å². The Morgan fingerprint density at radius 1 is 1.19 bits per heavy atom. The average Bonchev–Trinajstić information content (AvgIpc) is 2.28. The summed E-state index contributed by atoms with van der Waals surface area (Å²) in [7, 11) is 0. The summed E-state index contributed by atoms with van der Waals surface area (Å²) in [4.78, 5) is 0. The zero-order valence-electron chi connectivity index (χ0n) is 10.6.